The van der Waals surface area contributed by atoms with Crippen molar-refractivity contribution in [3.8, 4) is 0 Å². The van der Waals surface area contributed by atoms with Gasteiger partial charge in [-0.2, -0.15) is 11.8 Å². The summed E-state index contributed by atoms with van der Waals surface area (Å²) in [5, 5.41) is 0. The van der Waals surface area contributed by atoms with Crippen molar-refractivity contribution >= 4 is 18.2 Å². The molecule has 0 aromatic heterocycles. The van der Waals surface area contributed by atoms with E-state index in [2.05, 4.69) is 42.2 Å². The molecule has 0 saturated carbocycles. The Bertz CT molecular complexity index is 244. The van der Waals surface area contributed by atoms with Gasteiger partial charge in [-0.15, -0.1) is 0 Å². The van der Waals surface area contributed by atoms with E-state index in [9.17, 15) is 0 Å². The molecule has 78 valence electrons. The van der Waals surface area contributed by atoms with Crippen LogP contribution in [0, 0.1) is 6.92 Å². The van der Waals surface area contributed by atoms with Gasteiger partial charge in [0.1, 0.15) is 0 Å². The van der Waals surface area contributed by atoms with Crippen LogP contribution in [0.15, 0.2) is 24.3 Å². The summed E-state index contributed by atoms with van der Waals surface area (Å²) in [5.41, 5.74) is 2.75. The van der Waals surface area contributed by atoms with E-state index >= 15 is 0 Å². The Morgan fingerprint density at radius 1 is 1.36 bits per heavy atom. The van der Waals surface area contributed by atoms with Crippen LogP contribution in [0.1, 0.15) is 11.1 Å². The number of rotatable bonds is 3. The normalized spacial score (nSPS) is 8.50. The van der Waals surface area contributed by atoms with E-state index in [4.69, 9.17) is 4.79 Å². The Hall–Kier alpha value is -0.960. The van der Waals surface area contributed by atoms with Gasteiger partial charge in [0.25, 0.3) is 6.47 Å². The Morgan fingerprint density at radius 2 is 1.86 bits per heavy atom. The summed E-state index contributed by atoms with van der Waals surface area (Å²) >= 11 is 1.86. The summed E-state index contributed by atoms with van der Waals surface area (Å²) in [4.78, 5) is 8.95. The molecular weight excluding hydrogens is 196 g/mol. The lowest BCUT2D eigenvalue weighted by Gasteiger charge is -1.97. The van der Waals surface area contributed by atoms with Crippen LogP contribution < -0.4 is 0 Å². The molecule has 0 N–H and O–H groups in total. The van der Waals surface area contributed by atoms with Gasteiger partial charge in [0.05, 0.1) is 7.11 Å². The van der Waals surface area contributed by atoms with Gasteiger partial charge in [-0.05, 0) is 18.7 Å². The number of hydrogen-bond donors (Lipinski definition) is 0. The van der Waals surface area contributed by atoms with Gasteiger partial charge in [-0.1, -0.05) is 29.8 Å². The van der Waals surface area contributed by atoms with Gasteiger partial charge >= 0.3 is 0 Å². The van der Waals surface area contributed by atoms with Gasteiger partial charge < -0.3 is 4.74 Å². The first-order valence-corrected chi connectivity index (χ1v) is 5.65. The van der Waals surface area contributed by atoms with E-state index in [0.717, 1.165) is 5.75 Å². The fraction of sp³-hybridized carbons (Fsp3) is 0.364. The minimum Gasteiger partial charge on any atom is -0.471 e. The first-order valence-electron chi connectivity index (χ1n) is 4.25. The van der Waals surface area contributed by atoms with Crippen molar-refractivity contribution in [1.82, 2.24) is 0 Å². The zero-order chi connectivity index (χ0) is 10.8. The highest BCUT2D eigenvalue weighted by Crippen LogP contribution is 2.09. The third-order valence-corrected chi connectivity index (χ3v) is 2.15. The van der Waals surface area contributed by atoms with E-state index in [1.807, 2.05) is 11.8 Å². The molecule has 0 aliphatic rings. The second-order valence-electron chi connectivity index (χ2n) is 2.75. The average molecular weight is 212 g/mol. The standard InChI is InChI=1S/C9H12S.C2H4O2/c1-8-3-5-9(6-4-8)7-10-2;1-4-2-3/h3-6H,7H2,1-2H3;2H,1H3. The Labute approximate surface area is 89.7 Å². The van der Waals surface area contributed by atoms with Crippen molar-refractivity contribution in [2.75, 3.05) is 13.4 Å². The molecule has 0 bridgehead atoms. The third-order valence-electron chi connectivity index (χ3n) is 1.53. The Morgan fingerprint density at radius 3 is 2.21 bits per heavy atom. The van der Waals surface area contributed by atoms with Crippen LogP contribution in [0.4, 0.5) is 0 Å². The average Bonchev–Trinajstić information content (AvgIpc) is 2.22. The van der Waals surface area contributed by atoms with E-state index in [1.165, 1.54) is 18.2 Å². The summed E-state index contributed by atoms with van der Waals surface area (Å²) in [6.45, 7) is 2.49. The van der Waals surface area contributed by atoms with Crippen LogP contribution >= 0.6 is 11.8 Å². The smallest absolute Gasteiger partial charge is 0.292 e. The van der Waals surface area contributed by atoms with Gasteiger partial charge in [-0.3, -0.25) is 4.79 Å². The molecule has 0 aliphatic carbocycles. The largest absolute Gasteiger partial charge is 0.471 e. The lowest BCUT2D eigenvalue weighted by Crippen LogP contribution is -1.78. The first-order chi connectivity index (χ1) is 6.74. The lowest BCUT2D eigenvalue weighted by molar-refractivity contribution is -0.126. The van der Waals surface area contributed by atoms with Crippen LogP contribution in [0.5, 0.6) is 0 Å². The van der Waals surface area contributed by atoms with Crippen molar-refractivity contribution in [1.29, 1.82) is 0 Å². The number of methoxy groups -OCH3 is 1. The number of aryl methyl sites for hydroxylation is 1. The highest BCUT2D eigenvalue weighted by molar-refractivity contribution is 7.97. The van der Waals surface area contributed by atoms with Gasteiger partial charge in [0.2, 0.25) is 0 Å². The van der Waals surface area contributed by atoms with Crippen LogP contribution in [0.2, 0.25) is 0 Å². The second kappa shape index (κ2) is 8.63. The van der Waals surface area contributed by atoms with Gasteiger partial charge in [-0.25, -0.2) is 0 Å². The summed E-state index contributed by atoms with van der Waals surface area (Å²) in [6.07, 6.45) is 2.12. The molecule has 0 fully saturated rings. The van der Waals surface area contributed by atoms with Gasteiger partial charge in [0.15, 0.2) is 0 Å². The van der Waals surface area contributed by atoms with E-state index in [1.54, 1.807) is 0 Å². The Kier molecular flexibility index (Phi) is 8.04. The van der Waals surface area contributed by atoms with Crippen LogP contribution in [0.25, 0.3) is 0 Å². The van der Waals surface area contributed by atoms with Gasteiger partial charge in [0, 0.05) is 5.75 Å². The van der Waals surface area contributed by atoms with Crippen molar-refractivity contribution in [2.24, 2.45) is 0 Å². The maximum atomic E-state index is 8.95. The minimum absolute atomic E-state index is 0.375. The summed E-state index contributed by atoms with van der Waals surface area (Å²) in [6, 6.07) is 8.69. The highest BCUT2D eigenvalue weighted by Gasteiger charge is 1.88. The first kappa shape index (κ1) is 13.0. The second-order valence-corrected chi connectivity index (χ2v) is 3.62. The molecule has 2 nitrogen and oxygen atoms in total. The molecule has 0 aliphatic heterocycles. The molecule has 0 atom stereocenters. The maximum absolute atomic E-state index is 8.95. The van der Waals surface area contributed by atoms with Crippen molar-refractivity contribution < 1.29 is 9.53 Å². The zero-order valence-electron chi connectivity index (χ0n) is 8.82. The number of benzene rings is 1. The minimum atomic E-state index is 0.375. The predicted molar refractivity (Wildman–Crippen MR) is 61.5 cm³/mol. The SMILES string of the molecule is COC=O.CSCc1ccc(C)cc1. The molecule has 0 spiro atoms. The molecule has 1 aromatic rings. The molecule has 0 heterocycles. The molecule has 1 rings (SSSR count). The van der Waals surface area contributed by atoms with Crippen molar-refractivity contribution in [3.63, 3.8) is 0 Å². The molecule has 1 aromatic carbocycles. The number of carbonyl (C=O) groups excluding carboxylic acids is 1. The fourth-order valence-corrected chi connectivity index (χ4v) is 1.38. The van der Waals surface area contributed by atoms with Crippen molar-refractivity contribution in [2.45, 2.75) is 12.7 Å². The Balaban J connectivity index is 0.000000364. The lowest BCUT2D eigenvalue weighted by atomic mass is 10.2. The van der Waals surface area contributed by atoms with Crippen molar-refractivity contribution in [3.05, 3.63) is 35.4 Å². The van der Waals surface area contributed by atoms with E-state index < -0.39 is 0 Å². The van der Waals surface area contributed by atoms with Crippen LogP contribution in [-0.2, 0) is 15.3 Å². The number of hydrogen-bond acceptors (Lipinski definition) is 3. The molecule has 0 radical (unpaired) electrons. The number of carbonyl (C=O) groups is 1. The van der Waals surface area contributed by atoms with Crippen LogP contribution in [0.3, 0.4) is 0 Å². The molecule has 0 amide bonds. The summed E-state index contributed by atoms with van der Waals surface area (Å²) in [5.74, 6) is 1.13. The zero-order valence-corrected chi connectivity index (χ0v) is 9.64. The monoisotopic (exact) mass is 212 g/mol. The summed E-state index contributed by atoms with van der Waals surface area (Å²) in [7, 11) is 1.31. The highest BCUT2D eigenvalue weighted by atomic mass is 32.2. The number of ether oxygens (including phenoxy) is 1. The molecule has 14 heavy (non-hydrogen) atoms. The topological polar surface area (TPSA) is 26.3 Å². The predicted octanol–water partition coefficient (Wildman–Crippen LogP) is 2.65. The molecule has 0 unspecified atom stereocenters. The molecule has 3 heteroatoms. The fourth-order valence-electron chi connectivity index (χ4n) is 0.851. The molecule has 0 saturated heterocycles. The number of thioether (sulfide) groups is 1. The third kappa shape index (κ3) is 6.54. The van der Waals surface area contributed by atoms with E-state index in [-0.39, 0.29) is 0 Å². The van der Waals surface area contributed by atoms with E-state index in [0.29, 0.717) is 6.47 Å². The maximum Gasteiger partial charge on any atom is 0.292 e. The summed E-state index contributed by atoms with van der Waals surface area (Å²) < 4.78 is 3.86. The quantitative estimate of drug-likeness (QED) is 0.720. The van der Waals surface area contributed by atoms with Crippen LogP contribution in [-0.4, -0.2) is 19.8 Å². The molecular formula is C11H16O2S.